The standard InChI is InChI=1S/C8H18BO6P/c1-13-6-7(15-8(9)5-10)3-4-16(11,12)14-2/h7-8,10H,3-6H2,1-2H3,(H,11,12)/t7-,8-/m1/s1. The molecule has 2 N–H and O–H groups in total. The van der Waals surface area contributed by atoms with Crippen molar-refractivity contribution in [3.8, 4) is 0 Å². The predicted octanol–water partition coefficient (Wildman–Crippen LogP) is -0.273. The molecule has 94 valence electrons. The molecule has 0 rings (SSSR count). The molecule has 0 saturated carbocycles. The van der Waals surface area contributed by atoms with Gasteiger partial charge in [-0.2, -0.15) is 0 Å². The van der Waals surface area contributed by atoms with E-state index >= 15 is 0 Å². The molecule has 0 aromatic carbocycles. The Morgan fingerprint density at radius 2 is 2.06 bits per heavy atom. The number of hydrogen-bond acceptors (Lipinski definition) is 5. The maximum Gasteiger partial charge on any atom is 0.327 e. The van der Waals surface area contributed by atoms with E-state index in [1.54, 1.807) is 0 Å². The highest BCUT2D eigenvalue weighted by Crippen LogP contribution is 2.41. The Kier molecular flexibility index (Phi) is 8.27. The lowest BCUT2D eigenvalue weighted by Gasteiger charge is -2.21. The van der Waals surface area contributed by atoms with Crippen LogP contribution in [0.25, 0.3) is 0 Å². The van der Waals surface area contributed by atoms with Crippen molar-refractivity contribution in [3.63, 3.8) is 0 Å². The maximum absolute atomic E-state index is 11.2. The molecule has 0 aliphatic rings. The van der Waals surface area contributed by atoms with Crippen LogP contribution in [-0.2, 0) is 18.6 Å². The first-order valence-corrected chi connectivity index (χ1v) is 6.60. The molecule has 0 aliphatic carbocycles. The third kappa shape index (κ3) is 7.38. The number of aliphatic hydroxyl groups is 1. The zero-order valence-corrected chi connectivity index (χ0v) is 10.4. The maximum atomic E-state index is 11.2. The minimum atomic E-state index is -3.54. The summed E-state index contributed by atoms with van der Waals surface area (Å²) in [5.74, 6) is 0. The van der Waals surface area contributed by atoms with Crippen LogP contribution in [0.4, 0.5) is 0 Å². The van der Waals surface area contributed by atoms with Crippen LogP contribution in [0.5, 0.6) is 0 Å². The summed E-state index contributed by atoms with van der Waals surface area (Å²) in [7, 11) is 4.50. The molecular formula is C8H18BO6P. The molecule has 3 atom stereocenters. The molecular weight excluding hydrogens is 234 g/mol. The minimum absolute atomic E-state index is 0.0460. The van der Waals surface area contributed by atoms with Crippen LogP contribution in [0.1, 0.15) is 6.42 Å². The fourth-order valence-electron chi connectivity index (χ4n) is 1.07. The summed E-state index contributed by atoms with van der Waals surface area (Å²) in [6, 6.07) is -0.819. The molecule has 6 nitrogen and oxygen atoms in total. The summed E-state index contributed by atoms with van der Waals surface area (Å²) >= 11 is 0. The quantitative estimate of drug-likeness (QED) is 0.434. The Morgan fingerprint density at radius 1 is 1.44 bits per heavy atom. The number of ether oxygens (including phenoxy) is 2. The van der Waals surface area contributed by atoms with Crippen LogP contribution in [0.15, 0.2) is 0 Å². The van der Waals surface area contributed by atoms with E-state index in [4.69, 9.17) is 22.4 Å². The van der Waals surface area contributed by atoms with Gasteiger partial charge < -0.3 is 24.0 Å². The first kappa shape index (κ1) is 16.1. The van der Waals surface area contributed by atoms with Crippen LogP contribution in [0.3, 0.4) is 0 Å². The van der Waals surface area contributed by atoms with Crippen molar-refractivity contribution in [2.75, 3.05) is 33.6 Å². The first-order valence-electron chi connectivity index (χ1n) is 4.83. The van der Waals surface area contributed by atoms with Crippen molar-refractivity contribution in [1.82, 2.24) is 0 Å². The van der Waals surface area contributed by atoms with E-state index < -0.39 is 19.7 Å². The van der Waals surface area contributed by atoms with E-state index in [9.17, 15) is 9.46 Å². The van der Waals surface area contributed by atoms with Crippen LogP contribution >= 0.6 is 7.60 Å². The van der Waals surface area contributed by atoms with Gasteiger partial charge in [-0.1, -0.05) is 0 Å². The van der Waals surface area contributed by atoms with Crippen molar-refractivity contribution >= 4 is 15.4 Å². The molecule has 0 bridgehead atoms. The molecule has 16 heavy (non-hydrogen) atoms. The molecule has 2 radical (unpaired) electrons. The van der Waals surface area contributed by atoms with Gasteiger partial charge in [0.2, 0.25) is 0 Å². The fraction of sp³-hybridized carbons (Fsp3) is 1.00. The van der Waals surface area contributed by atoms with Crippen molar-refractivity contribution in [2.45, 2.75) is 18.5 Å². The lowest BCUT2D eigenvalue weighted by atomic mass is 10.0. The summed E-state index contributed by atoms with van der Waals surface area (Å²) in [4.78, 5) is 9.19. The van der Waals surface area contributed by atoms with Gasteiger partial charge in [-0.3, -0.25) is 4.57 Å². The minimum Gasteiger partial charge on any atom is -0.395 e. The van der Waals surface area contributed by atoms with E-state index in [2.05, 4.69) is 4.52 Å². The average Bonchev–Trinajstić information content (AvgIpc) is 2.26. The zero-order chi connectivity index (χ0) is 12.6. The van der Waals surface area contributed by atoms with E-state index in [1.807, 2.05) is 0 Å². The third-order valence-electron chi connectivity index (χ3n) is 1.92. The number of methoxy groups -OCH3 is 1. The third-order valence-corrected chi connectivity index (χ3v) is 3.31. The highest BCUT2D eigenvalue weighted by molar-refractivity contribution is 7.52. The van der Waals surface area contributed by atoms with Crippen molar-refractivity contribution < 1.29 is 28.6 Å². The normalized spacial score (nSPS) is 19.0. The highest BCUT2D eigenvalue weighted by Gasteiger charge is 2.21. The second kappa shape index (κ2) is 8.22. The Balaban J connectivity index is 4.07. The molecule has 0 aromatic rings. The summed E-state index contributed by atoms with van der Waals surface area (Å²) in [6.45, 7) is -0.0846. The van der Waals surface area contributed by atoms with Gasteiger partial charge in [0.15, 0.2) is 0 Å². The van der Waals surface area contributed by atoms with Gasteiger partial charge in [-0.25, -0.2) is 0 Å². The van der Waals surface area contributed by atoms with E-state index in [-0.39, 0.29) is 25.8 Å². The largest absolute Gasteiger partial charge is 0.395 e. The van der Waals surface area contributed by atoms with E-state index in [0.717, 1.165) is 0 Å². The smallest absolute Gasteiger partial charge is 0.327 e. The average molecular weight is 252 g/mol. The van der Waals surface area contributed by atoms with E-state index in [0.29, 0.717) is 0 Å². The van der Waals surface area contributed by atoms with Crippen LogP contribution < -0.4 is 0 Å². The molecule has 0 heterocycles. The number of rotatable bonds is 9. The highest BCUT2D eigenvalue weighted by atomic mass is 31.2. The summed E-state index contributed by atoms with van der Waals surface area (Å²) in [5, 5.41) is 8.71. The van der Waals surface area contributed by atoms with Crippen LogP contribution in [0.2, 0.25) is 0 Å². The van der Waals surface area contributed by atoms with Crippen LogP contribution in [0, 0.1) is 0 Å². The molecule has 0 fully saturated rings. The second-order valence-electron chi connectivity index (χ2n) is 3.27. The van der Waals surface area contributed by atoms with Gasteiger partial charge in [-0.05, 0) is 6.42 Å². The molecule has 8 heteroatoms. The molecule has 0 amide bonds. The monoisotopic (exact) mass is 252 g/mol. The van der Waals surface area contributed by atoms with Gasteiger partial charge >= 0.3 is 7.60 Å². The molecule has 1 unspecified atom stereocenters. The Hall–Kier alpha value is 0.0949. The lowest BCUT2D eigenvalue weighted by molar-refractivity contribution is -0.0353. The summed E-state index contributed by atoms with van der Waals surface area (Å²) in [6.07, 6.45) is -0.221. The number of hydrogen-bond donors (Lipinski definition) is 2. The lowest BCUT2D eigenvalue weighted by Crippen LogP contribution is -2.29. The first-order chi connectivity index (χ1) is 7.45. The van der Waals surface area contributed by atoms with Crippen molar-refractivity contribution in [1.29, 1.82) is 0 Å². The van der Waals surface area contributed by atoms with E-state index in [1.165, 1.54) is 14.2 Å². The predicted molar refractivity (Wildman–Crippen MR) is 59.7 cm³/mol. The zero-order valence-electron chi connectivity index (χ0n) is 9.54. The fourth-order valence-corrected chi connectivity index (χ4v) is 1.86. The molecule has 0 aliphatic heterocycles. The molecule has 0 aromatic heterocycles. The van der Waals surface area contributed by atoms with Crippen LogP contribution in [-0.4, -0.2) is 63.5 Å². The number of aliphatic hydroxyl groups excluding tert-OH is 1. The van der Waals surface area contributed by atoms with Gasteiger partial charge in [0.25, 0.3) is 0 Å². The Labute approximate surface area is 96.8 Å². The Bertz CT molecular complexity index is 227. The molecule has 0 spiro atoms. The SMILES string of the molecule is [B][C@@H](CO)O[C@H](CCP(=O)(O)OC)COC. The molecule has 0 saturated heterocycles. The van der Waals surface area contributed by atoms with Crippen molar-refractivity contribution in [2.24, 2.45) is 0 Å². The Morgan fingerprint density at radius 3 is 2.50 bits per heavy atom. The van der Waals surface area contributed by atoms with Crippen molar-refractivity contribution in [3.05, 3.63) is 0 Å². The van der Waals surface area contributed by atoms with Gasteiger partial charge in [-0.15, -0.1) is 0 Å². The van der Waals surface area contributed by atoms with Gasteiger partial charge in [0.1, 0.15) is 7.85 Å². The van der Waals surface area contributed by atoms with Gasteiger partial charge in [0, 0.05) is 20.2 Å². The second-order valence-corrected chi connectivity index (χ2v) is 5.35. The van der Waals surface area contributed by atoms with Gasteiger partial charge in [0.05, 0.1) is 25.5 Å². The summed E-state index contributed by atoms with van der Waals surface area (Å²) < 4.78 is 25.7. The topological polar surface area (TPSA) is 85.2 Å². The summed E-state index contributed by atoms with van der Waals surface area (Å²) in [5.41, 5.74) is 0.